The van der Waals surface area contributed by atoms with Gasteiger partial charge in [-0.1, -0.05) is 23.2 Å². The molecule has 78 valence electrons. The second-order valence-electron chi connectivity index (χ2n) is 3.14. The number of halogens is 2. The van der Waals surface area contributed by atoms with Crippen LogP contribution in [-0.2, 0) is 10.3 Å². The van der Waals surface area contributed by atoms with E-state index < -0.39 is 5.60 Å². The highest BCUT2D eigenvalue weighted by molar-refractivity contribution is 6.41. The number of ether oxygens (including phenoxy) is 1. The molecule has 0 radical (unpaired) electrons. The molecule has 1 unspecified atom stereocenters. The zero-order valence-corrected chi connectivity index (χ0v) is 9.56. The second-order valence-corrected chi connectivity index (χ2v) is 3.90. The zero-order chi connectivity index (χ0) is 10.8. The van der Waals surface area contributed by atoms with E-state index in [1.807, 2.05) is 6.92 Å². The summed E-state index contributed by atoms with van der Waals surface area (Å²) in [7, 11) is 1.59. The number of rotatable bonds is 3. The summed E-state index contributed by atoms with van der Waals surface area (Å²) < 4.78 is 5.30. The highest BCUT2D eigenvalue weighted by Crippen LogP contribution is 2.28. The van der Waals surface area contributed by atoms with Crippen LogP contribution in [0.15, 0.2) is 12.3 Å². The molecule has 5 heteroatoms. The lowest BCUT2D eigenvalue weighted by molar-refractivity contribution is 0.00981. The van der Waals surface area contributed by atoms with Crippen LogP contribution in [0, 0.1) is 0 Å². The molecule has 3 nitrogen and oxygen atoms in total. The number of pyridine rings is 1. The van der Waals surface area contributed by atoms with Crippen molar-refractivity contribution in [3.8, 4) is 0 Å². The van der Waals surface area contributed by atoms with Gasteiger partial charge in [-0.2, -0.15) is 0 Å². The van der Waals surface area contributed by atoms with Crippen LogP contribution >= 0.6 is 23.2 Å². The van der Waals surface area contributed by atoms with Crippen molar-refractivity contribution >= 4 is 23.2 Å². The molecule has 0 aliphatic rings. The lowest BCUT2D eigenvalue weighted by Gasteiger charge is -2.26. The van der Waals surface area contributed by atoms with Crippen molar-refractivity contribution in [3.63, 3.8) is 0 Å². The van der Waals surface area contributed by atoms with Gasteiger partial charge >= 0.3 is 0 Å². The maximum atomic E-state index is 5.84. The number of nitrogens with zero attached hydrogens (tertiary/aromatic N) is 1. The van der Waals surface area contributed by atoms with Crippen molar-refractivity contribution in [2.24, 2.45) is 5.73 Å². The maximum absolute atomic E-state index is 5.84. The van der Waals surface area contributed by atoms with Gasteiger partial charge in [0.05, 0.1) is 5.02 Å². The quantitative estimate of drug-likeness (QED) is 0.817. The van der Waals surface area contributed by atoms with E-state index in [1.165, 1.54) is 0 Å². The Hall–Kier alpha value is -0.350. The van der Waals surface area contributed by atoms with Crippen LogP contribution in [-0.4, -0.2) is 18.6 Å². The van der Waals surface area contributed by atoms with Crippen LogP contribution in [0.3, 0.4) is 0 Å². The standard InChI is InChI=1S/C9H12Cl2N2O/c1-9(5-12,14-2)6-3-7(10)8(11)13-4-6/h3-4H,5,12H2,1-2H3. The van der Waals surface area contributed by atoms with Crippen molar-refractivity contribution in [1.29, 1.82) is 0 Å². The molecule has 0 spiro atoms. The van der Waals surface area contributed by atoms with Crippen LogP contribution in [0.1, 0.15) is 12.5 Å². The van der Waals surface area contributed by atoms with E-state index in [1.54, 1.807) is 19.4 Å². The molecule has 0 aromatic carbocycles. The average Bonchev–Trinajstić information content (AvgIpc) is 2.21. The molecule has 1 rings (SSSR count). The Morgan fingerprint density at radius 3 is 2.64 bits per heavy atom. The molecular weight excluding hydrogens is 223 g/mol. The summed E-state index contributed by atoms with van der Waals surface area (Å²) in [5.74, 6) is 0. The molecule has 1 aromatic rings. The van der Waals surface area contributed by atoms with Gasteiger partial charge in [0.1, 0.15) is 10.8 Å². The first-order chi connectivity index (χ1) is 6.53. The highest BCUT2D eigenvalue weighted by atomic mass is 35.5. The van der Waals surface area contributed by atoms with E-state index in [2.05, 4.69) is 4.98 Å². The summed E-state index contributed by atoms with van der Waals surface area (Å²) in [5.41, 5.74) is 5.86. The summed E-state index contributed by atoms with van der Waals surface area (Å²) in [5, 5.41) is 0.687. The lowest BCUT2D eigenvalue weighted by atomic mass is 9.98. The number of nitrogens with two attached hydrogens (primary N) is 1. The molecule has 1 aromatic heterocycles. The summed E-state index contributed by atoms with van der Waals surface area (Å²) in [6.45, 7) is 2.22. The summed E-state index contributed by atoms with van der Waals surface area (Å²) in [6, 6.07) is 1.72. The van der Waals surface area contributed by atoms with Crippen LogP contribution in [0.4, 0.5) is 0 Å². The van der Waals surface area contributed by atoms with Gasteiger partial charge in [0.2, 0.25) is 0 Å². The van der Waals surface area contributed by atoms with Gasteiger partial charge < -0.3 is 10.5 Å². The molecule has 0 aliphatic carbocycles. The van der Waals surface area contributed by atoms with Crippen molar-refractivity contribution < 1.29 is 4.74 Å². The Labute approximate surface area is 93.2 Å². The van der Waals surface area contributed by atoms with Crippen molar-refractivity contribution in [3.05, 3.63) is 28.0 Å². The number of aromatic nitrogens is 1. The van der Waals surface area contributed by atoms with Gasteiger partial charge in [-0.05, 0) is 13.0 Å². The van der Waals surface area contributed by atoms with E-state index >= 15 is 0 Å². The first-order valence-electron chi connectivity index (χ1n) is 4.10. The Balaban J connectivity index is 3.12. The molecule has 2 N–H and O–H groups in total. The number of methoxy groups -OCH3 is 1. The van der Waals surface area contributed by atoms with Gasteiger partial charge in [-0.3, -0.25) is 0 Å². The molecule has 0 saturated heterocycles. The molecule has 1 atom stereocenters. The van der Waals surface area contributed by atoms with Crippen LogP contribution < -0.4 is 5.73 Å². The minimum absolute atomic E-state index is 0.283. The Morgan fingerprint density at radius 1 is 1.57 bits per heavy atom. The molecule has 0 fully saturated rings. The van der Waals surface area contributed by atoms with E-state index in [-0.39, 0.29) is 5.15 Å². The Kier molecular flexibility index (Phi) is 3.72. The first kappa shape index (κ1) is 11.7. The monoisotopic (exact) mass is 234 g/mol. The van der Waals surface area contributed by atoms with E-state index in [4.69, 9.17) is 33.7 Å². The van der Waals surface area contributed by atoms with Crippen LogP contribution in [0.25, 0.3) is 0 Å². The fourth-order valence-corrected chi connectivity index (χ4v) is 1.30. The SMILES string of the molecule is COC(C)(CN)c1cnc(Cl)c(Cl)c1. The van der Waals surface area contributed by atoms with E-state index in [0.29, 0.717) is 11.6 Å². The minimum atomic E-state index is -0.568. The second kappa shape index (κ2) is 4.45. The topological polar surface area (TPSA) is 48.1 Å². The summed E-state index contributed by atoms with van der Waals surface area (Å²) in [6.07, 6.45) is 1.62. The molecule has 0 bridgehead atoms. The van der Waals surface area contributed by atoms with Crippen LogP contribution in [0.5, 0.6) is 0 Å². The molecule has 0 aliphatic heterocycles. The zero-order valence-electron chi connectivity index (χ0n) is 8.05. The Morgan fingerprint density at radius 2 is 2.21 bits per heavy atom. The van der Waals surface area contributed by atoms with Gasteiger partial charge in [0.15, 0.2) is 0 Å². The maximum Gasteiger partial charge on any atom is 0.147 e. The third-order valence-corrected chi connectivity index (χ3v) is 2.93. The molecular formula is C9H12Cl2N2O. The highest BCUT2D eigenvalue weighted by Gasteiger charge is 2.25. The van der Waals surface area contributed by atoms with Gasteiger partial charge in [-0.15, -0.1) is 0 Å². The van der Waals surface area contributed by atoms with Gasteiger partial charge in [0, 0.05) is 25.4 Å². The number of hydrogen-bond acceptors (Lipinski definition) is 3. The first-order valence-corrected chi connectivity index (χ1v) is 4.86. The fourth-order valence-electron chi connectivity index (χ4n) is 1.03. The predicted octanol–water partition coefficient (Wildman–Crippen LogP) is 2.21. The third kappa shape index (κ3) is 2.17. The van der Waals surface area contributed by atoms with Crippen molar-refractivity contribution in [2.45, 2.75) is 12.5 Å². The largest absolute Gasteiger partial charge is 0.372 e. The summed E-state index contributed by atoms with van der Waals surface area (Å²) >= 11 is 11.5. The molecule has 0 amide bonds. The molecule has 1 heterocycles. The molecule has 14 heavy (non-hydrogen) atoms. The van der Waals surface area contributed by atoms with Gasteiger partial charge in [0.25, 0.3) is 0 Å². The average molecular weight is 235 g/mol. The normalized spacial score (nSPS) is 15.2. The minimum Gasteiger partial charge on any atom is -0.372 e. The van der Waals surface area contributed by atoms with E-state index in [0.717, 1.165) is 5.56 Å². The fraction of sp³-hybridized carbons (Fsp3) is 0.444. The van der Waals surface area contributed by atoms with Crippen molar-refractivity contribution in [1.82, 2.24) is 4.98 Å². The van der Waals surface area contributed by atoms with Gasteiger partial charge in [-0.25, -0.2) is 4.98 Å². The summed E-state index contributed by atoms with van der Waals surface area (Å²) in [4.78, 5) is 3.94. The lowest BCUT2D eigenvalue weighted by Crippen LogP contribution is -2.33. The Bertz CT molecular complexity index is 327. The third-order valence-electron chi connectivity index (χ3n) is 2.25. The van der Waals surface area contributed by atoms with Crippen molar-refractivity contribution in [2.75, 3.05) is 13.7 Å². The van der Waals surface area contributed by atoms with E-state index in [9.17, 15) is 0 Å². The smallest absolute Gasteiger partial charge is 0.147 e. The van der Waals surface area contributed by atoms with Crippen LogP contribution in [0.2, 0.25) is 10.2 Å². The number of hydrogen-bond donors (Lipinski definition) is 1. The molecule has 0 saturated carbocycles. The predicted molar refractivity (Wildman–Crippen MR) is 57.7 cm³/mol.